The Bertz CT molecular complexity index is 548. The number of rotatable bonds is 5. The predicted molar refractivity (Wildman–Crippen MR) is 96.5 cm³/mol. The molecule has 22 heavy (non-hydrogen) atoms. The van der Waals surface area contributed by atoms with Gasteiger partial charge < -0.3 is 14.0 Å². The molecule has 0 spiro atoms. The molecule has 0 amide bonds. The van der Waals surface area contributed by atoms with Crippen LogP contribution in [0.15, 0.2) is 18.7 Å². The summed E-state index contributed by atoms with van der Waals surface area (Å²) < 4.78 is 27.3. The molecule has 1 aromatic rings. The highest BCUT2D eigenvalue weighted by Gasteiger charge is 2.31. The molecule has 5 nitrogen and oxygen atoms in total. The van der Waals surface area contributed by atoms with Crippen LogP contribution in [0.1, 0.15) is 38.9 Å². The summed E-state index contributed by atoms with van der Waals surface area (Å²) in [5.74, 6) is 1.19. The molecule has 0 radical (unpaired) electrons. The molecule has 0 unspecified atom stereocenters. The van der Waals surface area contributed by atoms with Crippen molar-refractivity contribution in [2.45, 2.75) is 38.0 Å². The van der Waals surface area contributed by atoms with Crippen LogP contribution in [-0.2, 0) is 11.4 Å². The standard InChI is InChI=1S/C15H21IN2O3S/c1-5-6-11(18-22(19)15(2,3)4)12-9-10(16)13-14(17-12)21-8-7-20-13/h5,9,11,18H,1,6-8H2,2-4H3/t11-,22-/m0/s1. The first-order valence-corrected chi connectivity index (χ1v) is 9.30. The van der Waals surface area contributed by atoms with Crippen molar-refractivity contribution in [2.75, 3.05) is 13.2 Å². The van der Waals surface area contributed by atoms with E-state index in [2.05, 4.69) is 38.9 Å². The highest BCUT2D eigenvalue weighted by molar-refractivity contribution is 14.1. The smallest absolute Gasteiger partial charge is 0.258 e. The Morgan fingerprint density at radius 3 is 2.82 bits per heavy atom. The van der Waals surface area contributed by atoms with Crippen LogP contribution in [0.4, 0.5) is 0 Å². The largest absolute Gasteiger partial charge is 0.598 e. The van der Waals surface area contributed by atoms with Gasteiger partial charge in [-0.1, -0.05) is 6.08 Å². The third-order valence-corrected chi connectivity index (χ3v) is 5.46. The Morgan fingerprint density at radius 1 is 1.50 bits per heavy atom. The third-order valence-electron chi connectivity index (χ3n) is 3.05. The fourth-order valence-corrected chi connectivity index (χ4v) is 3.42. The van der Waals surface area contributed by atoms with Crippen LogP contribution in [0.2, 0.25) is 0 Å². The summed E-state index contributed by atoms with van der Waals surface area (Å²) in [7, 11) is 0. The van der Waals surface area contributed by atoms with Gasteiger partial charge in [0.1, 0.15) is 18.0 Å². The monoisotopic (exact) mass is 436 g/mol. The fourth-order valence-electron chi connectivity index (χ4n) is 1.89. The maximum atomic E-state index is 12.4. The van der Waals surface area contributed by atoms with Gasteiger partial charge in [0.2, 0.25) is 0 Å². The van der Waals surface area contributed by atoms with Crippen LogP contribution in [0.25, 0.3) is 0 Å². The quantitative estimate of drug-likeness (QED) is 0.437. The number of hydrogen-bond donors (Lipinski definition) is 1. The second-order valence-corrected chi connectivity index (χ2v) is 9.10. The third kappa shape index (κ3) is 4.27. The molecule has 0 saturated carbocycles. The summed E-state index contributed by atoms with van der Waals surface area (Å²) in [5.41, 5.74) is 0.783. The first kappa shape index (κ1) is 17.8. The molecule has 0 bridgehead atoms. The molecule has 2 rings (SSSR count). The van der Waals surface area contributed by atoms with Gasteiger partial charge in [-0.05, 0) is 55.8 Å². The van der Waals surface area contributed by atoms with Crippen molar-refractivity contribution < 1.29 is 14.0 Å². The molecule has 7 heteroatoms. The van der Waals surface area contributed by atoms with E-state index in [-0.39, 0.29) is 10.8 Å². The van der Waals surface area contributed by atoms with Gasteiger partial charge >= 0.3 is 0 Å². The van der Waals surface area contributed by atoms with Crippen LogP contribution in [-0.4, -0.2) is 27.5 Å². The first-order valence-electron chi connectivity index (χ1n) is 7.08. The molecular weight excluding hydrogens is 415 g/mol. The van der Waals surface area contributed by atoms with E-state index in [1.165, 1.54) is 0 Å². The van der Waals surface area contributed by atoms with Gasteiger partial charge in [-0.15, -0.1) is 11.3 Å². The van der Waals surface area contributed by atoms with Gasteiger partial charge in [-0.3, -0.25) is 0 Å². The number of halogens is 1. The topological polar surface area (TPSA) is 66.4 Å². The lowest BCUT2D eigenvalue weighted by Crippen LogP contribution is -2.41. The zero-order chi connectivity index (χ0) is 16.3. The van der Waals surface area contributed by atoms with Crippen molar-refractivity contribution in [1.29, 1.82) is 0 Å². The van der Waals surface area contributed by atoms with Gasteiger partial charge in [0, 0.05) is 11.4 Å². The summed E-state index contributed by atoms with van der Waals surface area (Å²) in [6, 6.07) is 1.76. The summed E-state index contributed by atoms with van der Waals surface area (Å²) in [4.78, 5) is 4.53. The van der Waals surface area contributed by atoms with E-state index in [0.717, 1.165) is 9.26 Å². The van der Waals surface area contributed by atoms with Crippen molar-refractivity contribution in [1.82, 2.24) is 9.71 Å². The van der Waals surface area contributed by atoms with Crippen molar-refractivity contribution >= 4 is 34.0 Å². The summed E-state index contributed by atoms with van der Waals surface area (Å²) in [5, 5.41) is 0. The lowest BCUT2D eigenvalue weighted by molar-refractivity contribution is 0.162. The Morgan fingerprint density at radius 2 is 2.18 bits per heavy atom. The van der Waals surface area contributed by atoms with Gasteiger partial charge in [-0.25, -0.2) is 4.98 Å². The van der Waals surface area contributed by atoms with E-state index < -0.39 is 11.4 Å². The summed E-state index contributed by atoms with van der Waals surface area (Å²) >= 11 is 1.02. The predicted octanol–water partition coefficient (Wildman–Crippen LogP) is 3.13. The molecule has 122 valence electrons. The second kappa shape index (κ2) is 7.37. The maximum Gasteiger partial charge on any atom is 0.258 e. The number of ether oxygens (including phenoxy) is 2. The van der Waals surface area contributed by atoms with E-state index in [1.807, 2.05) is 26.8 Å². The normalized spacial score (nSPS) is 17.0. The molecule has 0 aliphatic carbocycles. The van der Waals surface area contributed by atoms with Crippen LogP contribution in [0, 0.1) is 3.57 Å². The molecule has 1 aromatic heterocycles. The minimum Gasteiger partial charge on any atom is -0.598 e. The Balaban J connectivity index is 2.28. The van der Waals surface area contributed by atoms with E-state index in [4.69, 9.17) is 9.47 Å². The number of hydrogen-bond acceptors (Lipinski definition) is 5. The summed E-state index contributed by atoms with van der Waals surface area (Å²) in [6.45, 7) is 10.6. The highest BCUT2D eigenvalue weighted by atomic mass is 127. The molecular formula is C15H21IN2O3S. The molecule has 2 atom stereocenters. The van der Waals surface area contributed by atoms with Gasteiger partial charge in [0.25, 0.3) is 5.88 Å². The van der Waals surface area contributed by atoms with Crippen molar-refractivity contribution in [2.24, 2.45) is 0 Å². The molecule has 1 aliphatic rings. The zero-order valence-electron chi connectivity index (χ0n) is 13.0. The Hall–Kier alpha value is -0.510. The van der Waals surface area contributed by atoms with Crippen LogP contribution in [0.5, 0.6) is 11.6 Å². The van der Waals surface area contributed by atoms with E-state index >= 15 is 0 Å². The molecule has 2 heterocycles. The average Bonchev–Trinajstić information content (AvgIpc) is 2.45. The van der Waals surface area contributed by atoms with E-state index in [1.54, 1.807) is 6.08 Å². The minimum atomic E-state index is -1.19. The number of pyridine rings is 1. The SMILES string of the molecule is C=CC[C@H](N[S@@+]([O-])C(C)(C)C)c1cc(I)c2c(n1)OCCO2. The molecule has 1 aliphatic heterocycles. The van der Waals surface area contributed by atoms with Crippen LogP contribution >= 0.6 is 22.6 Å². The maximum absolute atomic E-state index is 12.4. The van der Waals surface area contributed by atoms with Crippen molar-refractivity contribution in [3.63, 3.8) is 0 Å². The highest BCUT2D eigenvalue weighted by Crippen LogP contribution is 2.35. The summed E-state index contributed by atoms with van der Waals surface area (Å²) in [6.07, 6.45) is 2.42. The first-order chi connectivity index (χ1) is 10.3. The van der Waals surface area contributed by atoms with E-state index in [9.17, 15) is 4.55 Å². The van der Waals surface area contributed by atoms with Gasteiger partial charge in [-0.2, -0.15) is 0 Å². The Kier molecular flexibility index (Phi) is 5.98. The molecule has 0 saturated heterocycles. The Labute approximate surface area is 148 Å². The van der Waals surface area contributed by atoms with Crippen LogP contribution in [0.3, 0.4) is 0 Å². The number of nitrogens with one attached hydrogen (secondary N) is 1. The van der Waals surface area contributed by atoms with Gasteiger partial charge in [0.05, 0.1) is 15.3 Å². The fraction of sp³-hybridized carbons (Fsp3) is 0.533. The van der Waals surface area contributed by atoms with Crippen LogP contribution < -0.4 is 14.2 Å². The number of nitrogens with zero attached hydrogens (tertiary/aromatic N) is 1. The average molecular weight is 436 g/mol. The van der Waals surface area contributed by atoms with Crippen molar-refractivity contribution in [3.05, 3.63) is 28.0 Å². The lowest BCUT2D eigenvalue weighted by atomic mass is 10.1. The number of aromatic nitrogens is 1. The second-order valence-electron chi connectivity index (χ2n) is 5.94. The van der Waals surface area contributed by atoms with Gasteiger partial charge in [0.15, 0.2) is 5.75 Å². The minimum absolute atomic E-state index is 0.179. The number of fused-ring (bicyclic) bond motifs is 1. The van der Waals surface area contributed by atoms with E-state index in [0.29, 0.717) is 31.3 Å². The molecule has 1 N–H and O–H groups in total. The zero-order valence-corrected chi connectivity index (χ0v) is 16.0. The lowest BCUT2D eigenvalue weighted by Gasteiger charge is -2.28. The van der Waals surface area contributed by atoms with Crippen molar-refractivity contribution in [3.8, 4) is 11.6 Å². The molecule has 0 fully saturated rings. The molecule has 0 aromatic carbocycles.